The van der Waals surface area contributed by atoms with Gasteiger partial charge in [0, 0.05) is 12.7 Å². The molecular formula is C12H18N2. The van der Waals surface area contributed by atoms with Crippen LogP contribution in [0.5, 0.6) is 0 Å². The summed E-state index contributed by atoms with van der Waals surface area (Å²) in [6.45, 7) is 5.60. The molecule has 2 heterocycles. The van der Waals surface area contributed by atoms with E-state index in [-0.39, 0.29) is 0 Å². The van der Waals surface area contributed by atoms with Crippen LogP contribution in [0.2, 0.25) is 0 Å². The van der Waals surface area contributed by atoms with Crippen molar-refractivity contribution in [1.29, 1.82) is 0 Å². The van der Waals surface area contributed by atoms with E-state index < -0.39 is 0 Å². The molecule has 1 aliphatic heterocycles. The summed E-state index contributed by atoms with van der Waals surface area (Å²) in [5.41, 5.74) is 2.45. The maximum Gasteiger partial charge on any atom is 0.0544 e. The second-order valence-electron chi connectivity index (χ2n) is 4.16. The second kappa shape index (κ2) is 4.56. The Morgan fingerprint density at radius 3 is 2.64 bits per heavy atom. The Labute approximate surface area is 86.0 Å². The largest absolute Gasteiger partial charge is 0.298 e. The van der Waals surface area contributed by atoms with Crippen molar-refractivity contribution >= 4 is 0 Å². The van der Waals surface area contributed by atoms with Crippen molar-refractivity contribution in [2.45, 2.75) is 32.7 Å². The molecule has 2 rings (SSSR count). The number of rotatable bonds is 2. The molecule has 1 fully saturated rings. The van der Waals surface area contributed by atoms with Crippen LogP contribution in [-0.2, 0) is 6.54 Å². The van der Waals surface area contributed by atoms with Crippen LogP contribution in [0.15, 0.2) is 18.3 Å². The average Bonchev–Trinajstić information content (AvgIpc) is 2.23. The van der Waals surface area contributed by atoms with Gasteiger partial charge in [-0.3, -0.25) is 9.88 Å². The lowest BCUT2D eigenvalue weighted by molar-refractivity contribution is 0.218. The number of hydrogen-bond acceptors (Lipinski definition) is 2. The van der Waals surface area contributed by atoms with Crippen LogP contribution in [0.3, 0.4) is 0 Å². The number of piperidine rings is 1. The minimum absolute atomic E-state index is 1.03. The summed E-state index contributed by atoms with van der Waals surface area (Å²) in [6.07, 6.45) is 6.06. The van der Waals surface area contributed by atoms with Crippen molar-refractivity contribution < 1.29 is 0 Å². The molecule has 0 unspecified atom stereocenters. The number of likely N-dealkylation sites (tertiary alicyclic amines) is 1. The Bertz CT molecular complexity index is 273. The van der Waals surface area contributed by atoms with E-state index in [9.17, 15) is 0 Å². The van der Waals surface area contributed by atoms with Gasteiger partial charge in [0.2, 0.25) is 0 Å². The predicted molar refractivity (Wildman–Crippen MR) is 58.1 cm³/mol. The van der Waals surface area contributed by atoms with Gasteiger partial charge in [0.15, 0.2) is 0 Å². The van der Waals surface area contributed by atoms with E-state index in [0.717, 1.165) is 6.54 Å². The van der Waals surface area contributed by atoms with Gasteiger partial charge in [0.05, 0.1) is 5.69 Å². The lowest BCUT2D eigenvalue weighted by atomic mass is 10.1. The molecule has 0 saturated carbocycles. The first-order valence-electron chi connectivity index (χ1n) is 5.48. The summed E-state index contributed by atoms with van der Waals surface area (Å²) >= 11 is 0. The molecule has 0 atom stereocenters. The fraction of sp³-hybridized carbons (Fsp3) is 0.583. The number of pyridine rings is 1. The van der Waals surface area contributed by atoms with Gasteiger partial charge < -0.3 is 0 Å². The topological polar surface area (TPSA) is 16.1 Å². The van der Waals surface area contributed by atoms with E-state index in [1.54, 1.807) is 0 Å². The summed E-state index contributed by atoms with van der Waals surface area (Å²) in [5.74, 6) is 0. The number of aromatic nitrogens is 1. The second-order valence-corrected chi connectivity index (χ2v) is 4.16. The Morgan fingerprint density at radius 1 is 1.21 bits per heavy atom. The van der Waals surface area contributed by atoms with E-state index in [1.165, 1.54) is 43.6 Å². The molecule has 0 bridgehead atoms. The van der Waals surface area contributed by atoms with Gasteiger partial charge in [-0.25, -0.2) is 0 Å². The quantitative estimate of drug-likeness (QED) is 0.711. The van der Waals surface area contributed by atoms with Crippen LogP contribution in [-0.4, -0.2) is 23.0 Å². The zero-order chi connectivity index (χ0) is 9.80. The fourth-order valence-electron chi connectivity index (χ4n) is 1.94. The molecule has 0 amide bonds. The van der Waals surface area contributed by atoms with Crippen molar-refractivity contribution in [3.05, 3.63) is 29.6 Å². The smallest absolute Gasteiger partial charge is 0.0544 e. The molecule has 0 aliphatic carbocycles. The highest BCUT2D eigenvalue weighted by Crippen LogP contribution is 2.11. The summed E-state index contributed by atoms with van der Waals surface area (Å²) < 4.78 is 0. The molecular weight excluding hydrogens is 172 g/mol. The van der Waals surface area contributed by atoms with E-state index in [2.05, 4.69) is 28.9 Å². The zero-order valence-electron chi connectivity index (χ0n) is 8.87. The van der Waals surface area contributed by atoms with Gasteiger partial charge in [-0.15, -0.1) is 0 Å². The van der Waals surface area contributed by atoms with Gasteiger partial charge in [0.1, 0.15) is 0 Å². The van der Waals surface area contributed by atoms with E-state index in [1.807, 2.05) is 6.20 Å². The first-order chi connectivity index (χ1) is 6.84. The molecule has 14 heavy (non-hydrogen) atoms. The van der Waals surface area contributed by atoms with Gasteiger partial charge >= 0.3 is 0 Å². The molecule has 0 aromatic carbocycles. The molecule has 76 valence electrons. The van der Waals surface area contributed by atoms with Crippen LogP contribution < -0.4 is 0 Å². The Hall–Kier alpha value is -0.890. The van der Waals surface area contributed by atoms with Gasteiger partial charge in [-0.1, -0.05) is 12.5 Å². The minimum Gasteiger partial charge on any atom is -0.298 e. The van der Waals surface area contributed by atoms with Crippen LogP contribution in [0.4, 0.5) is 0 Å². The molecule has 1 saturated heterocycles. The molecule has 0 radical (unpaired) electrons. The highest BCUT2D eigenvalue weighted by molar-refractivity contribution is 5.12. The molecule has 2 heteroatoms. The summed E-state index contributed by atoms with van der Waals surface area (Å²) in [6, 6.07) is 4.29. The van der Waals surface area contributed by atoms with Crippen molar-refractivity contribution in [1.82, 2.24) is 9.88 Å². The summed E-state index contributed by atoms with van der Waals surface area (Å²) in [5, 5.41) is 0. The van der Waals surface area contributed by atoms with Gasteiger partial charge in [0.25, 0.3) is 0 Å². The molecule has 1 aliphatic rings. The standard InChI is InChI=1S/C12H18N2/c1-11-5-6-12(13-9-11)10-14-7-3-2-4-8-14/h5-6,9H,2-4,7-8,10H2,1H3. The first kappa shape index (κ1) is 9.66. The van der Waals surface area contributed by atoms with Crippen molar-refractivity contribution in [3.8, 4) is 0 Å². The SMILES string of the molecule is Cc1ccc(CN2CCCCC2)nc1. The van der Waals surface area contributed by atoms with Crippen LogP contribution in [0.25, 0.3) is 0 Å². The van der Waals surface area contributed by atoms with E-state index in [4.69, 9.17) is 0 Å². The van der Waals surface area contributed by atoms with Crippen LogP contribution in [0.1, 0.15) is 30.5 Å². The highest BCUT2D eigenvalue weighted by atomic mass is 15.1. The Morgan fingerprint density at radius 2 is 2.00 bits per heavy atom. The normalized spacial score (nSPS) is 18.4. The van der Waals surface area contributed by atoms with Crippen molar-refractivity contribution in [3.63, 3.8) is 0 Å². The number of hydrogen-bond donors (Lipinski definition) is 0. The van der Waals surface area contributed by atoms with Gasteiger partial charge in [-0.2, -0.15) is 0 Å². The molecule has 1 aromatic heterocycles. The lowest BCUT2D eigenvalue weighted by Gasteiger charge is -2.25. The minimum atomic E-state index is 1.03. The number of aryl methyl sites for hydroxylation is 1. The van der Waals surface area contributed by atoms with Crippen LogP contribution >= 0.6 is 0 Å². The molecule has 1 aromatic rings. The molecule has 2 nitrogen and oxygen atoms in total. The van der Waals surface area contributed by atoms with Gasteiger partial charge in [-0.05, 0) is 44.5 Å². The Kier molecular flexibility index (Phi) is 3.14. The average molecular weight is 190 g/mol. The van der Waals surface area contributed by atoms with Crippen molar-refractivity contribution in [2.75, 3.05) is 13.1 Å². The predicted octanol–water partition coefficient (Wildman–Crippen LogP) is 2.38. The third-order valence-corrected chi connectivity index (χ3v) is 2.81. The Balaban J connectivity index is 1.92. The molecule has 0 spiro atoms. The monoisotopic (exact) mass is 190 g/mol. The molecule has 0 N–H and O–H groups in total. The third-order valence-electron chi connectivity index (χ3n) is 2.81. The highest BCUT2D eigenvalue weighted by Gasteiger charge is 2.10. The zero-order valence-corrected chi connectivity index (χ0v) is 8.87. The maximum atomic E-state index is 4.43. The summed E-state index contributed by atoms with van der Waals surface area (Å²) in [7, 11) is 0. The number of nitrogens with zero attached hydrogens (tertiary/aromatic N) is 2. The van der Waals surface area contributed by atoms with E-state index in [0.29, 0.717) is 0 Å². The summed E-state index contributed by atoms with van der Waals surface area (Å²) in [4.78, 5) is 6.93. The van der Waals surface area contributed by atoms with E-state index >= 15 is 0 Å². The first-order valence-corrected chi connectivity index (χ1v) is 5.48. The van der Waals surface area contributed by atoms with Crippen molar-refractivity contribution in [2.24, 2.45) is 0 Å². The maximum absolute atomic E-state index is 4.43. The lowest BCUT2D eigenvalue weighted by Crippen LogP contribution is -2.29. The third kappa shape index (κ3) is 2.55. The fourth-order valence-corrected chi connectivity index (χ4v) is 1.94. The van der Waals surface area contributed by atoms with Crippen LogP contribution in [0, 0.1) is 6.92 Å².